The van der Waals surface area contributed by atoms with Gasteiger partial charge in [-0.1, -0.05) is 6.07 Å². The maximum atomic E-state index is 5.35. The van der Waals surface area contributed by atoms with E-state index in [0.29, 0.717) is 0 Å². The molecular weight excluding hydrogens is 228 g/mol. The monoisotopic (exact) mass is 246 g/mol. The second kappa shape index (κ2) is 5.04. The second-order valence-corrected chi connectivity index (χ2v) is 4.71. The van der Waals surface area contributed by atoms with Crippen LogP contribution in [0.2, 0.25) is 0 Å². The number of pyridine rings is 1. The molecule has 1 aliphatic rings. The second-order valence-electron chi connectivity index (χ2n) is 4.71. The first-order valence-corrected chi connectivity index (χ1v) is 6.44. The van der Waals surface area contributed by atoms with Gasteiger partial charge in [-0.2, -0.15) is 0 Å². The van der Waals surface area contributed by atoms with E-state index in [-0.39, 0.29) is 0 Å². The molecule has 18 heavy (non-hydrogen) atoms. The summed E-state index contributed by atoms with van der Waals surface area (Å²) in [7, 11) is 0. The third-order valence-electron chi connectivity index (χ3n) is 3.46. The Bertz CT molecular complexity index is 531. The highest BCUT2D eigenvalue weighted by atomic mass is 16.5. The number of ether oxygens (including phenoxy) is 1. The van der Waals surface area contributed by atoms with Crippen molar-refractivity contribution < 1.29 is 4.74 Å². The Labute approximate surface area is 106 Å². The van der Waals surface area contributed by atoms with Gasteiger partial charge < -0.3 is 4.74 Å². The minimum Gasteiger partial charge on any atom is -0.379 e. The highest BCUT2D eigenvalue weighted by molar-refractivity contribution is 5.46. The van der Waals surface area contributed by atoms with E-state index in [2.05, 4.69) is 32.5 Å². The maximum Gasteiger partial charge on any atom is 0.163 e. The minimum absolute atomic E-state index is 0.847. The Morgan fingerprint density at radius 3 is 2.94 bits per heavy atom. The lowest BCUT2D eigenvalue weighted by Gasteiger charge is -2.26. The molecule has 0 N–H and O–H groups in total. The summed E-state index contributed by atoms with van der Waals surface area (Å²) in [5.74, 6) is 1.04. The summed E-state index contributed by atoms with van der Waals surface area (Å²) in [6.07, 6.45) is 2.97. The zero-order valence-electron chi connectivity index (χ0n) is 10.7. The van der Waals surface area contributed by atoms with Crippen molar-refractivity contribution in [3.8, 4) is 0 Å². The fourth-order valence-electron chi connectivity index (χ4n) is 2.35. The topological polar surface area (TPSA) is 42.7 Å². The molecule has 1 aliphatic heterocycles. The van der Waals surface area contributed by atoms with Crippen molar-refractivity contribution in [2.24, 2.45) is 0 Å². The molecule has 96 valence electrons. The number of fused-ring (bicyclic) bond motifs is 1. The van der Waals surface area contributed by atoms with Crippen LogP contribution in [0.4, 0.5) is 0 Å². The Balaban J connectivity index is 1.72. The molecule has 1 fully saturated rings. The van der Waals surface area contributed by atoms with E-state index < -0.39 is 0 Å². The van der Waals surface area contributed by atoms with Crippen molar-refractivity contribution in [3.05, 3.63) is 29.7 Å². The fourth-order valence-corrected chi connectivity index (χ4v) is 2.35. The molecule has 3 heterocycles. The first-order chi connectivity index (χ1) is 8.84. The summed E-state index contributed by atoms with van der Waals surface area (Å²) in [5, 5.41) is 8.55. The Morgan fingerprint density at radius 1 is 1.28 bits per heavy atom. The summed E-state index contributed by atoms with van der Waals surface area (Å²) < 4.78 is 7.44. The molecule has 0 bridgehead atoms. The molecule has 1 saturated heterocycles. The predicted molar refractivity (Wildman–Crippen MR) is 68.7 cm³/mol. The number of rotatable bonds is 3. The van der Waals surface area contributed by atoms with Crippen LogP contribution in [-0.2, 0) is 11.2 Å². The smallest absolute Gasteiger partial charge is 0.163 e. The molecule has 0 unspecified atom stereocenters. The van der Waals surface area contributed by atoms with Crippen LogP contribution >= 0.6 is 0 Å². The molecule has 0 aliphatic carbocycles. The van der Waals surface area contributed by atoms with Gasteiger partial charge >= 0.3 is 0 Å². The molecule has 0 aromatic carbocycles. The van der Waals surface area contributed by atoms with Crippen LogP contribution in [0.5, 0.6) is 0 Å². The average molecular weight is 246 g/mol. The third-order valence-corrected chi connectivity index (χ3v) is 3.46. The molecular formula is C13H18N4O. The largest absolute Gasteiger partial charge is 0.379 e. The number of aromatic nitrogens is 3. The van der Waals surface area contributed by atoms with Crippen LogP contribution in [0.25, 0.3) is 5.65 Å². The van der Waals surface area contributed by atoms with Gasteiger partial charge in [-0.15, -0.1) is 10.2 Å². The average Bonchev–Trinajstić information content (AvgIpc) is 2.82. The normalized spacial score (nSPS) is 17.4. The van der Waals surface area contributed by atoms with Gasteiger partial charge in [0.15, 0.2) is 5.65 Å². The lowest BCUT2D eigenvalue weighted by Crippen LogP contribution is -2.37. The van der Waals surface area contributed by atoms with Crippen LogP contribution in [0.15, 0.2) is 18.3 Å². The molecule has 0 amide bonds. The standard InChI is InChI=1S/C13H18N4O/c1-11-3-2-5-17-12(14-15-13(11)17)4-6-16-7-9-18-10-8-16/h2-3,5H,4,6-10H2,1H3. The molecule has 3 rings (SSSR count). The summed E-state index contributed by atoms with van der Waals surface area (Å²) in [5.41, 5.74) is 2.14. The highest BCUT2D eigenvalue weighted by Gasteiger charge is 2.12. The van der Waals surface area contributed by atoms with E-state index in [1.165, 1.54) is 5.56 Å². The van der Waals surface area contributed by atoms with Gasteiger partial charge in [0.25, 0.3) is 0 Å². The highest BCUT2D eigenvalue weighted by Crippen LogP contribution is 2.09. The molecule has 2 aromatic heterocycles. The lowest BCUT2D eigenvalue weighted by molar-refractivity contribution is 0.0382. The minimum atomic E-state index is 0.847. The Kier molecular flexibility index (Phi) is 3.25. The van der Waals surface area contributed by atoms with E-state index in [1.807, 2.05) is 12.3 Å². The summed E-state index contributed by atoms with van der Waals surface area (Å²) in [4.78, 5) is 2.42. The van der Waals surface area contributed by atoms with Crippen molar-refractivity contribution in [3.63, 3.8) is 0 Å². The Morgan fingerprint density at radius 2 is 2.11 bits per heavy atom. The van der Waals surface area contributed by atoms with E-state index in [4.69, 9.17) is 4.74 Å². The number of aryl methyl sites for hydroxylation is 1. The lowest BCUT2D eigenvalue weighted by atomic mass is 10.3. The number of nitrogens with zero attached hydrogens (tertiary/aromatic N) is 4. The van der Waals surface area contributed by atoms with E-state index >= 15 is 0 Å². The van der Waals surface area contributed by atoms with Gasteiger partial charge in [-0.3, -0.25) is 9.30 Å². The van der Waals surface area contributed by atoms with Crippen LogP contribution < -0.4 is 0 Å². The maximum absolute atomic E-state index is 5.35. The Hall–Kier alpha value is -1.46. The predicted octanol–water partition coefficient (Wildman–Crippen LogP) is 0.912. The van der Waals surface area contributed by atoms with E-state index in [0.717, 1.165) is 50.7 Å². The SMILES string of the molecule is Cc1cccn2c(CCN3CCOCC3)nnc12. The van der Waals surface area contributed by atoms with Crippen molar-refractivity contribution in [1.82, 2.24) is 19.5 Å². The van der Waals surface area contributed by atoms with Gasteiger partial charge in [-0.25, -0.2) is 0 Å². The van der Waals surface area contributed by atoms with Gasteiger partial charge in [0.2, 0.25) is 0 Å². The van der Waals surface area contributed by atoms with Crippen molar-refractivity contribution in [2.45, 2.75) is 13.3 Å². The molecule has 5 heteroatoms. The van der Waals surface area contributed by atoms with Crippen molar-refractivity contribution in [2.75, 3.05) is 32.8 Å². The van der Waals surface area contributed by atoms with Crippen LogP contribution in [0.1, 0.15) is 11.4 Å². The molecule has 2 aromatic rings. The van der Waals surface area contributed by atoms with Gasteiger partial charge in [0.05, 0.1) is 13.2 Å². The summed E-state index contributed by atoms with van der Waals surface area (Å²) >= 11 is 0. The first-order valence-electron chi connectivity index (χ1n) is 6.44. The fraction of sp³-hybridized carbons (Fsp3) is 0.538. The first kappa shape index (κ1) is 11.6. The summed E-state index contributed by atoms with van der Waals surface area (Å²) in [6, 6.07) is 4.11. The van der Waals surface area contributed by atoms with Gasteiger partial charge in [0.1, 0.15) is 5.82 Å². The van der Waals surface area contributed by atoms with E-state index in [9.17, 15) is 0 Å². The quantitative estimate of drug-likeness (QED) is 0.807. The number of hydrogen-bond acceptors (Lipinski definition) is 4. The molecule has 0 saturated carbocycles. The molecule has 0 atom stereocenters. The van der Waals surface area contributed by atoms with Crippen LogP contribution in [0.3, 0.4) is 0 Å². The number of hydrogen-bond donors (Lipinski definition) is 0. The third kappa shape index (κ3) is 2.23. The molecule has 0 spiro atoms. The van der Waals surface area contributed by atoms with Gasteiger partial charge in [-0.05, 0) is 18.6 Å². The van der Waals surface area contributed by atoms with Crippen molar-refractivity contribution in [1.29, 1.82) is 0 Å². The van der Waals surface area contributed by atoms with Gasteiger partial charge in [0, 0.05) is 32.3 Å². The number of morpholine rings is 1. The van der Waals surface area contributed by atoms with Crippen molar-refractivity contribution >= 4 is 5.65 Å². The van der Waals surface area contributed by atoms with Crippen LogP contribution in [0, 0.1) is 6.92 Å². The molecule has 0 radical (unpaired) electrons. The summed E-state index contributed by atoms with van der Waals surface area (Å²) in [6.45, 7) is 6.83. The zero-order chi connectivity index (χ0) is 12.4. The van der Waals surface area contributed by atoms with E-state index in [1.54, 1.807) is 0 Å². The zero-order valence-corrected chi connectivity index (χ0v) is 10.7. The molecule has 5 nitrogen and oxygen atoms in total. The van der Waals surface area contributed by atoms with Crippen LogP contribution in [-0.4, -0.2) is 52.3 Å².